The molecule has 0 atom stereocenters. The van der Waals surface area contributed by atoms with E-state index in [1.807, 2.05) is 0 Å². The van der Waals surface area contributed by atoms with Gasteiger partial charge in [-0.1, -0.05) is 18.2 Å². The summed E-state index contributed by atoms with van der Waals surface area (Å²) in [6.45, 7) is 2.21. The monoisotopic (exact) mass is 361 g/mol. The molecule has 0 radical (unpaired) electrons. The quantitative estimate of drug-likeness (QED) is 0.789. The van der Waals surface area contributed by atoms with Crippen molar-refractivity contribution in [2.24, 2.45) is 11.7 Å². The Morgan fingerprint density at radius 2 is 1.83 bits per heavy atom. The number of carbonyl (C=O) groups is 1. The van der Waals surface area contributed by atoms with Gasteiger partial charge in [-0.2, -0.15) is 0 Å². The second-order valence-electron chi connectivity index (χ2n) is 5.52. The van der Waals surface area contributed by atoms with E-state index >= 15 is 0 Å². The lowest BCUT2D eigenvalue weighted by Crippen LogP contribution is -2.41. The zero-order valence-electron chi connectivity index (χ0n) is 13.0. The van der Waals surface area contributed by atoms with E-state index in [2.05, 4.69) is 4.72 Å². The highest BCUT2D eigenvalue weighted by Crippen LogP contribution is 2.16. The van der Waals surface area contributed by atoms with Crippen LogP contribution >= 0.6 is 12.4 Å². The molecule has 1 aromatic rings. The summed E-state index contributed by atoms with van der Waals surface area (Å²) in [6.07, 6.45) is 2.04. The summed E-state index contributed by atoms with van der Waals surface area (Å²) in [5, 5.41) is 0. The Labute approximate surface area is 143 Å². The number of nitrogens with one attached hydrogen (secondary N) is 1. The summed E-state index contributed by atoms with van der Waals surface area (Å²) >= 11 is 0. The molecule has 1 heterocycles. The average Bonchev–Trinajstić information content (AvgIpc) is 2.55. The van der Waals surface area contributed by atoms with Crippen LogP contribution in [-0.4, -0.2) is 45.4 Å². The van der Waals surface area contributed by atoms with Crippen molar-refractivity contribution in [3.63, 3.8) is 0 Å². The van der Waals surface area contributed by atoms with E-state index in [9.17, 15) is 13.2 Å². The lowest BCUT2D eigenvalue weighted by atomic mass is 9.97. The van der Waals surface area contributed by atoms with Crippen LogP contribution in [0.5, 0.6) is 0 Å². The molecule has 1 fully saturated rings. The Morgan fingerprint density at radius 3 is 2.39 bits per heavy atom. The van der Waals surface area contributed by atoms with Crippen LogP contribution in [0.3, 0.4) is 0 Å². The molecule has 1 amide bonds. The Balaban J connectivity index is 0.00000264. The zero-order valence-corrected chi connectivity index (χ0v) is 14.6. The van der Waals surface area contributed by atoms with E-state index in [1.54, 1.807) is 23.1 Å². The van der Waals surface area contributed by atoms with Crippen molar-refractivity contribution < 1.29 is 13.2 Å². The van der Waals surface area contributed by atoms with Crippen LogP contribution in [0.2, 0.25) is 0 Å². The SMILES string of the molecule is Cl.NCC1CCN(C(=O)CCNS(=O)(=O)c2ccccc2)CC1. The minimum Gasteiger partial charge on any atom is -0.343 e. The number of rotatable bonds is 6. The number of sulfonamides is 1. The van der Waals surface area contributed by atoms with Gasteiger partial charge in [0.25, 0.3) is 0 Å². The first kappa shape index (κ1) is 19.9. The maximum Gasteiger partial charge on any atom is 0.240 e. The first-order valence-electron chi connectivity index (χ1n) is 7.55. The van der Waals surface area contributed by atoms with Crippen molar-refractivity contribution in [3.8, 4) is 0 Å². The van der Waals surface area contributed by atoms with Crippen molar-refractivity contribution in [3.05, 3.63) is 30.3 Å². The van der Waals surface area contributed by atoms with Crippen LogP contribution < -0.4 is 10.5 Å². The number of hydrogen-bond donors (Lipinski definition) is 2. The topological polar surface area (TPSA) is 92.5 Å². The molecule has 23 heavy (non-hydrogen) atoms. The Bertz CT molecular complexity index is 587. The van der Waals surface area contributed by atoms with Crippen molar-refractivity contribution in [1.82, 2.24) is 9.62 Å². The van der Waals surface area contributed by atoms with Crippen LogP contribution in [0.1, 0.15) is 19.3 Å². The highest BCUT2D eigenvalue weighted by atomic mass is 35.5. The zero-order chi connectivity index (χ0) is 16.0. The Kier molecular flexibility index (Phi) is 7.98. The lowest BCUT2D eigenvalue weighted by molar-refractivity contribution is -0.132. The number of benzene rings is 1. The van der Waals surface area contributed by atoms with Gasteiger partial charge in [0, 0.05) is 26.1 Å². The number of piperidine rings is 1. The molecule has 1 aliphatic heterocycles. The van der Waals surface area contributed by atoms with Crippen LogP contribution in [0.4, 0.5) is 0 Å². The standard InChI is InChI=1S/C15H23N3O3S.ClH/c16-12-13-7-10-18(11-8-13)15(19)6-9-17-22(20,21)14-4-2-1-3-5-14;/h1-5,13,17H,6-12,16H2;1H. The van der Waals surface area contributed by atoms with Gasteiger partial charge in [-0.25, -0.2) is 13.1 Å². The van der Waals surface area contributed by atoms with Crippen molar-refractivity contribution in [2.45, 2.75) is 24.2 Å². The predicted molar refractivity (Wildman–Crippen MR) is 91.9 cm³/mol. The molecule has 0 spiro atoms. The maximum atomic E-state index is 12.1. The molecule has 0 unspecified atom stereocenters. The summed E-state index contributed by atoms with van der Waals surface area (Å²) < 4.78 is 26.5. The maximum absolute atomic E-state index is 12.1. The first-order chi connectivity index (χ1) is 10.5. The fourth-order valence-corrected chi connectivity index (χ4v) is 3.60. The Hall–Kier alpha value is -1.15. The van der Waals surface area contributed by atoms with Crippen LogP contribution in [0.25, 0.3) is 0 Å². The van der Waals surface area contributed by atoms with Gasteiger partial charge in [0.05, 0.1) is 4.90 Å². The van der Waals surface area contributed by atoms with Gasteiger partial charge in [-0.05, 0) is 37.4 Å². The molecule has 0 saturated carbocycles. The van der Waals surface area contributed by atoms with E-state index in [1.165, 1.54) is 12.1 Å². The molecule has 1 aliphatic rings. The fourth-order valence-electron chi connectivity index (χ4n) is 2.55. The van der Waals surface area contributed by atoms with E-state index in [-0.39, 0.29) is 36.2 Å². The van der Waals surface area contributed by atoms with Crippen molar-refractivity contribution >= 4 is 28.3 Å². The molecule has 6 nitrogen and oxygen atoms in total. The van der Waals surface area contributed by atoms with Gasteiger partial charge in [0.2, 0.25) is 15.9 Å². The molecule has 1 saturated heterocycles. The second kappa shape index (κ2) is 9.22. The van der Waals surface area contributed by atoms with E-state index < -0.39 is 10.0 Å². The van der Waals surface area contributed by atoms with E-state index in [0.29, 0.717) is 25.6 Å². The largest absolute Gasteiger partial charge is 0.343 e. The summed E-state index contributed by atoms with van der Waals surface area (Å²) in [4.78, 5) is 14.1. The van der Waals surface area contributed by atoms with Gasteiger partial charge >= 0.3 is 0 Å². The molecule has 8 heteroatoms. The highest BCUT2D eigenvalue weighted by Gasteiger charge is 2.22. The van der Waals surface area contributed by atoms with Crippen molar-refractivity contribution in [2.75, 3.05) is 26.2 Å². The predicted octanol–water partition coefficient (Wildman–Crippen LogP) is 0.974. The van der Waals surface area contributed by atoms with Gasteiger partial charge in [0.15, 0.2) is 0 Å². The lowest BCUT2D eigenvalue weighted by Gasteiger charge is -2.31. The number of amides is 1. The number of nitrogens with zero attached hydrogens (tertiary/aromatic N) is 1. The van der Waals surface area contributed by atoms with E-state index in [0.717, 1.165) is 12.8 Å². The molecule has 130 valence electrons. The summed E-state index contributed by atoms with van der Waals surface area (Å²) in [5.41, 5.74) is 5.63. The number of carbonyl (C=O) groups excluding carboxylic acids is 1. The van der Waals surface area contributed by atoms with Crippen LogP contribution in [-0.2, 0) is 14.8 Å². The third kappa shape index (κ3) is 5.76. The molecule has 1 aromatic carbocycles. The summed E-state index contributed by atoms with van der Waals surface area (Å²) in [5.74, 6) is 0.492. The number of halogens is 1. The highest BCUT2D eigenvalue weighted by molar-refractivity contribution is 7.89. The van der Waals surface area contributed by atoms with Gasteiger partial charge < -0.3 is 10.6 Å². The van der Waals surface area contributed by atoms with Crippen LogP contribution in [0, 0.1) is 5.92 Å². The molecule has 0 bridgehead atoms. The van der Waals surface area contributed by atoms with Crippen LogP contribution in [0.15, 0.2) is 35.2 Å². The van der Waals surface area contributed by atoms with Gasteiger partial charge in [-0.3, -0.25) is 4.79 Å². The third-order valence-corrected chi connectivity index (χ3v) is 5.46. The van der Waals surface area contributed by atoms with E-state index in [4.69, 9.17) is 5.73 Å². The van der Waals surface area contributed by atoms with Gasteiger partial charge in [0.1, 0.15) is 0 Å². The molecule has 0 aromatic heterocycles. The van der Waals surface area contributed by atoms with Gasteiger partial charge in [-0.15, -0.1) is 12.4 Å². The number of nitrogens with two attached hydrogens (primary N) is 1. The normalized spacial score (nSPS) is 16.0. The average molecular weight is 362 g/mol. The minimum atomic E-state index is -3.54. The molecular formula is C15H24ClN3O3S. The number of hydrogen-bond acceptors (Lipinski definition) is 4. The Morgan fingerprint density at radius 1 is 1.22 bits per heavy atom. The molecular weight excluding hydrogens is 338 g/mol. The minimum absolute atomic E-state index is 0. The summed E-state index contributed by atoms with van der Waals surface area (Å²) in [6, 6.07) is 8.15. The summed E-state index contributed by atoms with van der Waals surface area (Å²) in [7, 11) is -3.54. The fraction of sp³-hybridized carbons (Fsp3) is 0.533. The second-order valence-corrected chi connectivity index (χ2v) is 7.29. The van der Waals surface area contributed by atoms with Crippen molar-refractivity contribution in [1.29, 1.82) is 0 Å². The third-order valence-electron chi connectivity index (χ3n) is 3.99. The molecule has 3 N–H and O–H groups in total. The smallest absolute Gasteiger partial charge is 0.240 e. The first-order valence-corrected chi connectivity index (χ1v) is 9.04. The molecule has 2 rings (SSSR count). The number of likely N-dealkylation sites (tertiary alicyclic amines) is 1. The molecule has 0 aliphatic carbocycles.